The van der Waals surface area contributed by atoms with Crippen LogP contribution in [0.25, 0.3) is 11.0 Å². The van der Waals surface area contributed by atoms with E-state index in [-0.39, 0.29) is 12.0 Å². The van der Waals surface area contributed by atoms with E-state index in [4.69, 9.17) is 16.3 Å². The van der Waals surface area contributed by atoms with Gasteiger partial charge in [-0.15, -0.1) is 0 Å². The summed E-state index contributed by atoms with van der Waals surface area (Å²) in [4.78, 5) is 19.0. The molecule has 1 aromatic heterocycles. The second-order valence-electron chi connectivity index (χ2n) is 7.90. The summed E-state index contributed by atoms with van der Waals surface area (Å²) < 4.78 is 7.83. The molecule has 0 spiro atoms. The number of benzene rings is 2. The van der Waals surface area contributed by atoms with Crippen LogP contribution in [0.5, 0.6) is 5.75 Å². The van der Waals surface area contributed by atoms with E-state index in [1.807, 2.05) is 44.4 Å². The number of aromatic nitrogens is 2. The molecule has 1 amide bonds. The zero-order chi connectivity index (χ0) is 20.5. The van der Waals surface area contributed by atoms with E-state index >= 15 is 0 Å². The van der Waals surface area contributed by atoms with Crippen molar-refractivity contribution in [3.05, 3.63) is 58.4 Å². The predicted octanol–water partition coefficient (Wildman–Crippen LogP) is 4.53. The summed E-state index contributed by atoms with van der Waals surface area (Å²) in [6, 6.07) is 12.0. The molecule has 1 atom stereocenters. The van der Waals surface area contributed by atoms with Gasteiger partial charge in [0, 0.05) is 44.9 Å². The molecule has 0 N–H and O–H groups in total. The van der Waals surface area contributed by atoms with E-state index in [2.05, 4.69) is 22.5 Å². The van der Waals surface area contributed by atoms with Crippen LogP contribution >= 0.6 is 11.6 Å². The normalized spacial score (nSPS) is 15.4. The third kappa shape index (κ3) is 4.25. The number of imidazole rings is 1. The highest BCUT2D eigenvalue weighted by molar-refractivity contribution is 6.31. The first-order chi connectivity index (χ1) is 13.9. The summed E-state index contributed by atoms with van der Waals surface area (Å²) >= 11 is 6.06. The lowest BCUT2D eigenvalue weighted by molar-refractivity contribution is -0.130. The van der Waals surface area contributed by atoms with Gasteiger partial charge in [0.2, 0.25) is 5.91 Å². The minimum Gasteiger partial charge on any atom is -0.490 e. The Hall–Kier alpha value is -2.53. The molecule has 3 aromatic rings. The minimum absolute atomic E-state index is 0.150. The topological polar surface area (TPSA) is 47.4 Å². The van der Waals surface area contributed by atoms with E-state index in [1.165, 1.54) is 5.56 Å². The summed E-state index contributed by atoms with van der Waals surface area (Å²) in [5.74, 6) is 2.10. The molecule has 152 valence electrons. The van der Waals surface area contributed by atoms with Gasteiger partial charge in [-0.25, -0.2) is 4.98 Å². The molecule has 1 aliphatic rings. The van der Waals surface area contributed by atoms with Gasteiger partial charge in [-0.3, -0.25) is 4.79 Å². The number of rotatable bonds is 6. The van der Waals surface area contributed by atoms with Crippen molar-refractivity contribution < 1.29 is 9.53 Å². The van der Waals surface area contributed by atoms with Crippen LogP contribution in [0.15, 0.2) is 36.4 Å². The predicted molar refractivity (Wildman–Crippen MR) is 115 cm³/mol. The lowest BCUT2D eigenvalue weighted by Crippen LogP contribution is -2.26. The van der Waals surface area contributed by atoms with Crippen molar-refractivity contribution in [2.45, 2.75) is 45.3 Å². The van der Waals surface area contributed by atoms with Crippen molar-refractivity contribution in [1.82, 2.24) is 14.5 Å². The maximum Gasteiger partial charge on any atom is 0.222 e. The van der Waals surface area contributed by atoms with E-state index in [1.54, 1.807) is 4.90 Å². The number of hydrogen-bond acceptors (Lipinski definition) is 3. The molecule has 2 aromatic carbocycles. The Morgan fingerprint density at radius 1 is 1.31 bits per heavy atom. The number of amides is 1. The molecule has 0 saturated heterocycles. The molecule has 0 aliphatic carbocycles. The standard InChI is InChI=1S/C23H26ClN3O2/c1-15-11-17-12-16(7-10-21(17)29-15)14-26(2)23(28)6-4-5-22-25-19-13-18(24)8-9-20(19)27(22)3/h7-10,12-13,15H,4-6,11,14H2,1-3H3/t15-/m0/s1. The molecule has 2 heterocycles. The van der Waals surface area contributed by atoms with Crippen LogP contribution in [-0.2, 0) is 31.2 Å². The first-order valence-electron chi connectivity index (χ1n) is 10.0. The minimum atomic E-state index is 0.150. The van der Waals surface area contributed by atoms with Gasteiger partial charge in [0.25, 0.3) is 0 Å². The Kier molecular flexibility index (Phi) is 5.50. The third-order valence-corrected chi connectivity index (χ3v) is 5.77. The molecule has 5 nitrogen and oxygen atoms in total. The smallest absolute Gasteiger partial charge is 0.222 e. The van der Waals surface area contributed by atoms with Crippen molar-refractivity contribution >= 4 is 28.5 Å². The molecule has 0 unspecified atom stereocenters. The molecule has 1 aliphatic heterocycles. The Morgan fingerprint density at radius 2 is 2.14 bits per heavy atom. The molecule has 4 rings (SSSR count). The van der Waals surface area contributed by atoms with Crippen LogP contribution < -0.4 is 4.74 Å². The van der Waals surface area contributed by atoms with E-state index in [0.717, 1.165) is 47.4 Å². The summed E-state index contributed by atoms with van der Waals surface area (Å²) in [5, 5.41) is 0.687. The molecular formula is C23H26ClN3O2. The van der Waals surface area contributed by atoms with Crippen LogP contribution in [-0.4, -0.2) is 33.5 Å². The SMILES string of the molecule is C[C@H]1Cc2cc(CN(C)C(=O)CCCc3nc4cc(Cl)ccc4n3C)ccc2O1. The zero-order valence-corrected chi connectivity index (χ0v) is 17.9. The lowest BCUT2D eigenvalue weighted by atomic mass is 10.1. The molecular weight excluding hydrogens is 386 g/mol. The van der Waals surface area contributed by atoms with E-state index in [9.17, 15) is 4.79 Å². The Morgan fingerprint density at radius 3 is 2.97 bits per heavy atom. The molecule has 0 saturated carbocycles. The largest absolute Gasteiger partial charge is 0.490 e. The van der Waals surface area contributed by atoms with Crippen LogP contribution in [0, 0.1) is 0 Å². The molecule has 29 heavy (non-hydrogen) atoms. The van der Waals surface area contributed by atoms with E-state index in [0.29, 0.717) is 18.0 Å². The first kappa shape index (κ1) is 19.8. The van der Waals surface area contributed by atoms with Crippen molar-refractivity contribution in [3.8, 4) is 5.75 Å². The van der Waals surface area contributed by atoms with E-state index < -0.39 is 0 Å². The van der Waals surface area contributed by atoms with Gasteiger partial charge in [-0.2, -0.15) is 0 Å². The summed E-state index contributed by atoms with van der Waals surface area (Å²) in [6.45, 7) is 2.69. The van der Waals surface area contributed by atoms with Crippen molar-refractivity contribution in [2.24, 2.45) is 7.05 Å². The van der Waals surface area contributed by atoms with Crippen LogP contribution in [0.1, 0.15) is 36.7 Å². The molecule has 0 radical (unpaired) electrons. The fourth-order valence-corrected chi connectivity index (χ4v) is 4.14. The number of nitrogens with zero attached hydrogens (tertiary/aromatic N) is 3. The monoisotopic (exact) mass is 411 g/mol. The maximum absolute atomic E-state index is 12.6. The number of aryl methyl sites for hydroxylation is 2. The molecule has 0 bridgehead atoms. The highest BCUT2D eigenvalue weighted by atomic mass is 35.5. The summed E-state index contributed by atoms with van der Waals surface area (Å²) in [6.07, 6.45) is 3.20. The van der Waals surface area contributed by atoms with Crippen LogP contribution in [0.2, 0.25) is 5.02 Å². The fraction of sp³-hybridized carbons (Fsp3) is 0.391. The number of carbonyl (C=O) groups is 1. The fourth-order valence-electron chi connectivity index (χ4n) is 3.97. The number of ether oxygens (including phenoxy) is 1. The second kappa shape index (κ2) is 8.07. The average Bonchev–Trinajstić information content (AvgIpc) is 3.20. The Bertz CT molecular complexity index is 1060. The number of halogens is 1. The van der Waals surface area contributed by atoms with Gasteiger partial charge in [0.1, 0.15) is 17.7 Å². The number of fused-ring (bicyclic) bond motifs is 2. The lowest BCUT2D eigenvalue weighted by Gasteiger charge is -2.17. The average molecular weight is 412 g/mol. The van der Waals surface area contributed by atoms with Crippen molar-refractivity contribution in [3.63, 3.8) is 0 Å². The number of hydrogen-bond donors (Lipinski definition) is 0. The highest BCUT2D eigenvalue weighted by Gasteiger charge is 2.19. The van der Waals surface area contributed by atoms with Gasteiger partial charge >= 0.3 is 0 Å². The van der Waals surface area contributed by atoms with Crippen LogP contribution in [0.4, 0.5) is 0 Å². The van der Waals surface area contributed by atoms with Crippen molar-refractivity contribution in [1.29, 1.82) is 0 Å². The maximum atomic E-state index is 12.6. The van der Waals surface area contributed by atoms with Crippen LogP contribution in [0.3, 0.4) is 0 Å². The number of carbonyl (C=O) groups excluding carboxylic acids is 1. The summed E-state index contributed by atoms with van der Waals surface area (Å²) in [5.41, 5.74) is 4.33. The zero-order valence-electron chi connectivity index (χ0n) is 17.1. The van der Waals surface area contributed by atoms with Crippen molar-refractivity contribution in [2.75, 3.05) is 7.05 Å². The first-order valence-corrected chi connectivity index (χ1v) is 10.4. The summed E-state index contributed by atoms with van der Waals surface area (Å²) in [7, 11) is 3.87. The van der Waals surface area contributed by atoms with Gasteiger partial charge in [0.05, 0.1) is 11.0 Å². The third-order valence-electron chi connectivity index (χ3n) is 5.53. The molecule has 6 heteroatoms. The second-order valence-corrected chi connectivity index (χ2v) is 8.33. The van der Waals surface area contributed by atoms with Gasteiger partial charge < -0.3 is 14.2 Å². The highest BCUT2D eigenvalue weighted by Crippen LogP contribution is 2.29. The quantitative estimate of drug-likeness (QED) is 0.598. The molecule has 0 fully saturated rings. The Labute approximate surface area is 176 Å². The van der Waals surface area contributed by atoms with Gasteiger partial charge in [-0.1, -0.05) is 23.7 Å². The van der Waals surface area contributed by atoms with Gasteiger partial charge in [0.15, 0.2) is 0 Å². The van der Waals surface area contributed by atoms with Gasteiger partial charge in [-0.05, 0) is 48.7 Å². The Balaban J connectivity index is 1.32.